The third-order valence-corrected chi connectivity index (χ3v) is 3.71. The molecule has 0 saturated carbocycles. The Morgan fingerprint density at radius 2 is 2.22 bits per heavy atom. The monoisotopic (exact) mass is 317 g/mol. The van der Waals surface area contributed by atoms with Gasteiger partial charge in [-0.3, -0.25) is 4.98 Å². The van der Waals surface area contributed by atoms with Gasteiger partial charge in [-0.05, 0) is 38.8 Å². The molecule has 122 valence electrons. The van der Waals surface area contributed by atoms with Gasteiger partial charge in [-0.1, -0.05) is 6.08 Å². The van der Waals surface area contributed by atoms with Gasteiger partial charge in [-0.15, -0.1) is 0 Å². The molecule has 0 bridgehead atoms. The lowest BCUT2D eigenvalue weighted by Gasteiger charge is -2.29. The van der Waals surface area contributed by atoms with Gasteiger partial charge in [0.25, 0.3) is 0 Å². The number of hydrogen-bond acceptors (Lipinski definition) is 3. The van der Waals surface area contributed by atoms with Crippen molar-refractivity contribution in [2.45, 2.75) is 32.8 Å². The van der Waals surface area contributed by atoms with E-state index in [9.17, 15) is 9.18 Å². The van der Waals surface area contributed by atoms with E-state index in [2.05, 4.69) is 9.97 Å². The summed E-state index contributed by atoms with van der Waals surface area (Å²) < 4.78 is 19.9. The van der Waals surface area contributed by atoms with Crippen LogP contribution in [0.5, 0.6) is 0 Å². The third-order valence-electron chi connectivity index (χ3n) is 3.71. The normalized spacial score (nSPS) is 15.7. The summed E-state index contributed by atoms with van der Waals surface area (Å²) in [4.78, 5) is 20.8. The molecule has 0 aromatic carbocycles. The molecule has 0 atom stereocenters. The molecule has 3 heterocycles. The third kappa shape index (κ3) is 3.21. The Bertz CT molecular complexity index is 774. The first kappa shape index (κ1) is 15.5. The average Bonchev–Trinajstić information content (AvgIpc) is 2.95. The maximum atomic E-state index is 14.5. The number of H-pyrrole nitrogens is 1. The van der Waals surface area contributed by atoms with E-state index in [-0.39, 0.29) is 11.9 Å². The Hall–Kier alpha value is -2.37. The number of nitrogens with zero attached hydrogens (tertiary/aromatic N) is 2. The number of hydrogen-bond donors (Lipinski definition) is 1. The van der Waals surface area contributed by atoms with Gasteiger partial charge in [-0.25, -0.2) is 9.18 Å². The first-order valence-electron chi connectivity index (χ1n) is 7.64. The van der Waals surface area contributed by atoms with E-state index in [4.69, 9.17) is 4.74 Å². The minimum atomic E-state index is -0.520. The Morgan fingerprint density at radius 3 is 2.87 bits per heavy atom. The van der Waals surface area contributed by atoms with Crippen molar-refractivity contribution in [1.29, 1.82) is 0 Å². The number of aromatic amines is 1. The van der Waals surface area contributed by atoms with Crippen LogP contribution in [-0.2, 0) is 4.74 Å². The van der Waals surface area contributed by atoms with E-state index in [0.29, 0.717) is 36.1 Å². The Balaban J connectivity index is 1.78. The lowest BCUT2D eigenvalue weighted by atomic mass is 10.0. The van der Waals surface area contributed by atoms with Crippen molar-refractivity contribution in [2.75, 3.05) is 13.1 Å². The molecule has 6 heteroatoms. The van der Waals surface area contributed by atoms with Crippen molar-refractivity contribution in [1.82, 2.24) is 14.9 Å². The van der Waals surface area contributed by atoms with E-state index in [1.165, 1.54) is 0 Å². The summed E-state index contributed by atoms with van der Waals surface area (Å²) >= 11 is 0. The summed E-state index contributed by atoms with van der Waals surface area (Å²) in [6.07, 6.45) is 5.38. The first-order valence-corrected chi connectivity index (χ1v) is 7.64. The van der Waals surface area contributed by atoms with Gasteiger partial charge >= 0.3 is 6.09 Å². The highest BCUT2D eigenvalue weighted by Crippen LogP contribution is 2.27. The molecule has 0 spiro atoms. The van der Waals surface area contributed by atoms with Crippen molar-refractivity contribution < 1.29 is 13.9 Å². The van der Waals surface area contributed by atoms with E-state index in [0.717, 1.165) is 5.57 Å². The molecular formula is C17H20FN3O2. The van der Waals surface area contributed by atoms with Crippen molar-refractivity contribution in [2.24, 2.45) is 0 Å². The minimum absolute atomic E-state index is 0.319. The summed E-state index contributed by atoms with van der Waals surface area (Å²) in [6.45, 7) is 6.40. The molecule has 0 aliphatic carbocycles. The number of amides is 1. The smallest absolute Gasteiger partial charge is 0.410 e. The zero-order valence-electron chi connectivity index (χ0n) is 13.5. The van der Waals surface area contributed by atoms with Crippen LogP contribution in [0.1, 0.15) is 32.9 Å². The van der Waals surface area contributed by atoms with Crippen LogP contribution in [0.2, 0.25) is 0 Å². The molecule has 0 fully saturated rings. The molecule has 1 N–H and O–H groups in total. The SMILES string of the molecule is CC(C)(C)OC(=O)N1CC=C(c2ncc3[nH]ccc3c2F)CC1. The molecular weight excluding hydrogens is 297 g/mol. The van der Waals surface area contributed by atoms with Gasteiger partial charge in [-0.2, -0.15) is 0 Å². The fourth-order valence-corrected chi connectivity index (χ4v) is 2.59. The fourth-order valence-electron chi connectivity index (χ4n) is 2.59. The van der Waals surface area contributed by atoms with E-state index in [1.54, 1.807) is 23.4 Å². The zero-order valence-corrected chi connectivity index (χ0v) is 13.5. The van der Waals surface area contributed by atoms with Crippen LogP contribution in [0.25, 0.3) is 16.5 Å². The van der Waals surface area contributed by atoms with Crippen molar-refractivity contribution >= 4 is 22.6 Å². The van der Waals surface area contributed by atoms with Crippen molar-refractivity contribution in [3.8, 4) is 0 Å². The van der Waals surface area contributed by atoms with Gasteiger partial charge in [0, 0.05) is 24.7 Å². The van der Waals surface area contributed by atoms with Crippen LogP contribution in [0, 0.1) is 5.82 Å². The Labute approximate surface area is 134 Å². The minimum Gasteiger partial charge on any atom is -0.444 e. The Kier molecular flexibility index (Phi) is 3.83. The van der Waals surface area contributed by atoms with Crippen LogP contribution < -0.4 is 0 Å². The number of aromatic nitrogens is 2. The van der Waals surface area contributed by atoms with Crippen molar-refractivity contribution in [3.05, 3.63) is 36.0 Å². The van der Waals surface area contributed by atoms with E-state index < -0.39 is 5.60 Å². The highest BCUT2D eigenvalue weighted by molar-refractivity contribution is 5.83. The molecule has 2 aromatic heterocycles. The lowest BCUT2D eigenvalue weighted by Crippen LogP contribution is -2.39. The second kappa shape index (κ2) is 5.68. The largest absolute Gasteiger partial charge is 0.444 e. The Morgan fingerprint density at radius 1 is 1.43 bits per heavy atom. The van der Waals surface area contributed by atoms with Gasteiger partial charge in [0.05, 0.1) is 11.7 Å². The lowest BCUT2D eigenvalue weighted by molar-refractivity contribution is 0.0270. The number of nitrogens with one attached hydrogen (secondary N) is 1. The molecule has 23 heavy (non-hydrogen) atoms. The van der Waals surface area contributed by atoms with Crippen LogP contribution in [0.4, 0.5) is 9.18 Å². The number of halogens is 1. The molecule has 1 aliphatic rings. The van der Waals surface area contributed by atoms with Crippen LogP contribution >= 0.6 is 0 Å². The van der Waals surface area contributed by atoms with Crippen molar-refractivity contribution in [3.63, 3.8) is 0 Å². The molecule has 1 amide bonds. The quantitative estimate of drug-likeness (QED) is 0.872. The summed E-state index contributed by atoms with van der Waals surface area (Å²) in [5, 5.41) is 0.533. The summed E-state index contributed by atoms with van der Waals surface area (Å²) in [7, 11) is 0. The highest BCUT2D eigenvalue weighted by atomic mass is 19.1. The van der Waals surface area contributed by atoms with Gasteiger partial charge < -0.3 is 14.6 Å². The molecule has 3 rings (SSSR count). The number of pyridine rings is 1. The highest BCUT2D eigenvalue weighted by Gasteiger charge is 2.25. The topological polar surface area (TPSA) is 58.2 Å². The molecule has 5 nitrogen and oxygen atoms in total. The fraction of sp³-hybridized carbons (Fsp3) is 0.412. The maximum absolute atomic E-state index is 14.5. The summed E-state index contributed by atoms with van der Waals surface area (Å²) in [5.41, 5.74) is 1.35. The number of ether oxygens (including phenoxy) is 1. The summed E-state index contributed by atoms with van der Waals surface area (Å²) in [5.74, 6) is -0.319. The average molecular weight is 317 g/mol. The van der Waals surface area contributed by atoms with Gasteiger partial charge in [0.1, 0.15) is 11.3 Å². The maximum Gasteiger partial charge on any atom is 0.410 e. The van der Waals surface area contributed by atoms with Crippen LogP contribution in [-0.4, -0.2) is 39.7 Å². The molecule has 2 aromatic rings. The predicted octanol–water partition coefficient (Wildman–Crippen LogP) is 3.73. The van der Waals surface area contributed by atoms with E-state index >= 15 is 0 Å². The second-order valence-corrected chi connectivity index (χ2v) is 6.63. The zero-order chi connectivity index (χ0) is 16.6. The molecule has 0 radical (unpaired) electrons. The number of carbonyl (C=O) groups excluding carboxylic acids is 1. The molecule has 0 saturated heterocycles. The van der Waals surface area contributed by atoms with Crippen LogP contribution in [0.15, 0.2) is 24.5 Å². The van der Waals surface area contributed by atoms with Gasteiger partial charge in [0.15, 0.2) is 5.82 Å². The number of fused-ring (bicyclic) bond motifs is 1. The van der Waals surface area contributed by atoms with E-state index in [1.807, 2.05) is 26.8 Å². The van der Waals surface area contributed by atoms with Crippen LogP contribution in [0.3, 0.4) is 0 Å². The molecule has 0 unspecified atom stereocenters. The second-order valence-electron chi connectivity index (χ2n) is 6.63. The van der Waals surface area contributed by atoms with Gasteiger partial charge in [0.2, 0.25) is 0 Å². The first-order chi connectivity index (χ1) is 10.8. The standard InChI is InChI=1S/C17H20FN3O2/c1-17(2,3)23-16(22)21-8-5-11(6-9-21)15-14(18)12-4-7-19-13(12)10-20-15/h4-5,7,10,19H,6,8-9H2,1-3H3. The predicted molar refractivity (Wildman–Crippen MR) is 86.5 cm³/mol. The molecule has 1 aliphatic heterocycles. The summed E-state index contributed by atoms with van der Waals surface area (Å²) in [6, 6.07) is 1.70. The number of rotatable bonds is 1. The number of carbonyl (C=O) groups is 1.